The SMILES string of the molecule is Cc1c(OCC(=O)NC(Cc2ccccc2)C(=O)NCCC(=O)O)ccc2c3c(c(=O)oc12)CCC3. The fourth-order valence-electron chi connectivity index (χ4n) is 4.47. The maximum Gasteiger partial charge on any atom is 0.339 e. The van der Waals surface area contributed by atoms with Crippen molar-refractivity contribution in [2.75, 3.05) is 13.2 Å². The van der Waals surface area contributed by atoms with E-state index in [0.29, 0.717) is 16.9 Å². The van der Waals surface area contributed by atoms with Gasteiger partial charge in [-0.05, 0) is 49.4 Å². The lowest BCUT2D eigenvalue weighted by molar-refractivity contribution is -0.137. The quantitative estimate of drug-likeness (QED) is 0.370. The molecular formula is C27H28N2O7. The van der Waals surface area contributed by atoms with E-state index in [1.165, 1.54) is 0 Å². The molecule has 1 atom stereocenters. The second kappa shape index (κ2) is 11.1. The smallest absolute Gasteiger partial charge is 0.339 e. The van der Waals surface area contributed by atoms with Crippen LogP contribution in [0.5, 0.6) is 5.75 Å². The normalized spacial score (nSPS) is 13.1. The van der Waals surface area contributed by atoms with Gasteiger partial charge in [-0.2, -0.15) is 0 Å². The number of benzene rings is 2. The lowest BCUT2D eigenvalue weighted by Crippen LogP contribution is -2.49. The van der Waals surface area contributed by atoms with Crippen molar-refractivity contribution in [2.24, 2.45) is 0 Å². The number of aryl methyl sites for hydroxylation is 2. The molecule has 0 spiro atoms. The first-order valence-electron chi connectivity index (χ1n) is 11.9. The van der Waals surface area contributed by atoms with E-state index in [1.807, 2.05) is 36.4 Å². The summed E-state index contributed by atoms with van der Waals surface area (Å²) in [5.41, 5.74) is 3.35. The molecule has 2 aromatic carbocycles. The van der Waals surface area contributed by atoms with Gasteiger partial charge in [0, 0.05) is 29.5 Å². The molecule has 1 unspecified atom stereocenters. The number of aliphatic carboxylic acids is 1. The molecule has 9 heteroatoms. The standard InChI is InChI=1S/C27H28N2O7/c1-16-22(11-10-19-18-8-5-9-20(18)27(34)36-25(16)19)35-15-23(30)29-21(14-17-6-3-2-4-7-17)26(33)28-13-12-24(31)32/h2-4,6-7,10-11,21H,5,8-9,12-15H2,1H3,(H,28,33)(H,29,30)(H,31,32). The zero-order valence-electron chi connectivity index (χ0n) is 20.0. The third-order valence-corrected chi connectivity index (χ3v) is 6.27. The zero-order valence-corrected chi connectivity index (χ0v) is 20.0. The van der Waals surface area contributed by atoms with E-state index in [1.54, 1.807) is 13.0 Å². The van der Waals surface area contributed by atoms with Crippen LogP contribution in [0.1, 0.15) is 35.1 Å². The van der Waals surface area contributed by atoms with Crippen LogP contribution < -0.4 is 21.0 Å². The number of nitrogens with one attached hydrogen (secondary N) is 2. The highest BCUT2D eigenvalue weighted by Crippen LogP contribution is 2.32. The molecule has 0 aliphatic heterocycles. The highest BCUT2D eigenvalue weighted by atomic mass is 16.5. The van der Waals surface area contributed by atoms with Gasteiger partial charge in [-0.15, -0.1) is 0 Å². The van der Waals surface area contributed by atoms with E-state index < -0.39 is 23.8 Å². The van der Waals surface area contributed by atoms with Crippen molar-refractivity contribution in [3.05, 3.63) is 75.1 Å². The van der Waals surface area contributed by atoms with Crippen LogP contribution in [0.2, 0.25) is 0 Å². The number of hydrogen-bond acceptors (Lipinski definition) is 6. The fourth-order valence-corrected chi connectivity index (χ4v) is 4.47. The number of amides is 2. The Morgan fingerprint density at radius 1 is 1.08 bits per heavy atom. The van der Waals surface area contributed by atoms with Gasteiger partial charge in [0.2, 0.25) is 5.91 Å². The summed E-state index contributed by atoms with van der Waals surface area (Å²) in [5.74, 6) is -1.62. The molecule has 36 heavy (non-hydrogen) atoms. The predicted octanol–water partition coefficient (Wildman–Crippen LogP) is 2.29. The molecular weight excluding hydrogens is 464 g/mol. The molecule has 0 fully saturated rings. The van der Waals surface area contributed by atoms with Crippen molar-refractivity contribution < 1.29 is 28.6 Å². The van der Waals surface area contributed by atoms with Gasteiger partial charge in [0.15, 0.2) is 6.61 Å². The van der Waals surface area contributed by atoms with Crippen molar-refractivity contribution in [3.8, 4) is 5.75 Å². The molecule has 1 aromatic heterocycles. The molecule has 9 nitrogen and oxygen atoms in total. The Labute approximate surface area is 207 Å². The zero-order chi connectivity index (χ0) is 25.7. The Hall–Kier alpha value is -4.14. The minimum atomic E-state index is -1.03. The summed E-state index contributed by atoms with van der Waals surface area (Å²) in [4.78, 5) is 48.5. The Kier molecular flexibility index (Phi) is 7.68. The average Bonchev–Trinajstić information content (AvgIpc) is 3.35. The molecule has 3 N–H and O–H groups in total. The second-order valence-electron chi connectivity index (χ2n) is 8.80. The van der Waals surface area contributed by atoms with E-state index in [4.69, 9.17) is 14.3 Å². The third-order valence-electron chi connectivity index (χ3n) is 6.27. The first kappa shape index (κ1) is 25.0. The maximum atomic E-state index is 12.7. The molecule has 188 valence electrons. The minimum absolute atomic E-state index is 0.0446. The van der Waals surface area contributed by atoms with Crippen LogP contribution in [0.4, 0.5) is 0 Å². The fraction of sp³-hybridized carbons (Fsp3) is 0.333. The summed E-state index contributed by atoms with van der Waals surface area (Å²) < 4.78 is 11.3. The molecule has 1 aliphatic rings. The van der Waals surface area contributed by atoms with E-state index in [2.05, 4.69) is 10.6 Å². The van der Waals surface area contributed by atoms with Crippen molar-refractivity contribution in [3.63, 3.8) is 0 Å². The van der Waals surface area contributed by atoms with Crippen LogP contribution in [0.15, 0.2) is 51.7 Å². The van der Waals surface area contributed by atoms with Gasteiger partial charge in [0.25, 0.3) is 5.91 Å². The Balaban J connectivity index is 1.44. The topological polar surface area (TPSA) is 135 Å². The van der Waals surface area contributed by atoms with Crippen molar-refractivity contribution in [2.45, 2.75) is 45.1 Å². The third kappa shape index (κ3) is 5.73. The molecule has 0 saturated carbocycles. The maximum absolute atomic E-state index is 12.7. The summed E-state index contributed by atoms with van der Waals surface area (Å²) in [7, 11) is 0. The van der Waals surface area contributed by atoms with Crippen LogP contribution in [0, 0.1) is 6.92 Å². The molecule has 0 bridgehead atoms. The number of carboxylic acid groups (broad SMARTS) is 1. The number of carboxylic acids is 1. The van der Waals surface area contributed by atoms with Crippen molar-refractivity contribution >= 4 is 28.8 Å². The monoisotopic (exact) mass is 492 g/mol. The van der Waals surface area contributed by atoms with Crippen LogP contribution in [0.25, 0.3) is 11.0 Å². The van der Waals surface area contributed by atoms with Gasteiger partial charge in [-0.25, -0.2) is 4.79 Å². The molecule has 2 amide bonds. The van der Waals surface area contributed by atoms with Gasteiger partial charge in [0.1, 0.15) is 17.4 Å². The number of ether oxygens (including phenoxy) is 1. The van der Waals surface area contributed by atoms with E-state index in [-0.39, 0.29) is 31.6 Å². The summed E-state index contributed by atoms with van der Waals surface area (Å²) >= 11 is 0. The van der Waals surface area contributed by atoms with Gasteiger partial charge >= 0.3 is 11.6 Å². The molecule has 1 aliphatic carbocycles. The summed E-state index contributed by atoms with van der Waals surface area (Å²) in [5, 5.41) is 14.9. The number of fused-ring (bicyclic) bond motifs is 3. The molecule has 3 aromatic rings. The van der Waals surface area contributed by atoms with Crippen molar-refractivity contribution in [1.82, 2.24) is 10.6 Å². The molecule has 1 heterocycles. The van der Waals surface area contributed by atoms with Gasteiger partial charge in [0.05, 0.1) is 6.42 Å². The predicted molar refractivity (Wildman–Crippen MR) is 132 cm³/mol. The second-order valence-corrected chi connectivity index (χ2v) is 8.80. The number of rotatable bonds is 10. The highest BCUT2D eigenvalue weighted by Gasteiger charge is 2.23. The first-order chi connectivity index (χ1) is 17.3. The van der Waals surface area contributed by atoms with Gasteiger partial charge < -0.3 is 24.9 Å². The lowest BCUT2D eigenvalue weighted by atomic mass is 10.0. The minimum Gasteiger partial charge on any atom is -0.483 e. The van der Waals surface area contributed by atoms with Crippen LogP contribution in [-0.2, 0) is 33.6 Å². The Bertz CT molecular complexity index is 1350. The van der Waals surface area contributed by atoms with E-state index in [0.717, 1.165) is 41.3 Å². The van der Waals surface area contributed by atoms with Crippen LogP contribution in [-0.4, -0.2) is 42.1 Å². The number of hydrogen-bond donors (Lipinski definition) is 3. The summed E-state index contributed by atoms with van der Waals surface area (Å²) in [6.07, 6.45) is 2.48. The molecule has 4 rings (SSSR count). The molecule has 0 radical (unpaired) electrons. The number of carbonyl (C=O) groups excluding carboxylic acids is 2. The molecule has 0 saturated heterocycles. The van der Waals surface area contributed by atoms with Gasteiger partial charge in [-0.3, -0.25) is 14.4 Å². The van der Waals surface area contributed by atoms with Gasteiger partial charge in [-0.1, -0.05) is 30.3 Å². The van der Waals surface area contributed by atoms with Crippen LogP contribution in [0.3, 0.4) is 0 Å². The first-order valence-corrected chi connectivity index (χ1v) is 11.9. The summed E-state index contributed by atoms with van der Waals surface area (Å²) in [6.45, 7) is 1.38. The van der Waals surface area contributed by atoms with Crippen molar-refractivity contribution in [1.29, 1.82) is 0 Å². The van der Waals surface area contributed by atoms with Crippen LogP contribution >= 0.6 is 0 Å². The Morgan fingerprint density at radius 3 is 2.58 bits per heavy atom. The summed E-state index contributed by atoms with van der Waals surface area (Å²) in [6, 6.07) is 11.9. The lowest BCUT2D eigenvalue weighted by Gasteiger charge is -2.19. The van der Waals surface area contributed by atoms with E-state index in [9.17, 15) is 19.2 Å². The average molecular weight is 493 g/mol. The number of carbonyl (C=O) groups is 3. The highest BCUT2D eigenvalue weighted by molar-refractivity contribution is 5.89. The largest absolute Gasteiger partial charge is 0.483 e. The Morgan fingerprint density at radius 2 is 1.83 bits per heavy atom. The van der Waals surface area contributed by atoms with E-state index >= 15 is 0 Å².